The highest BCUT2D eigenvalue weighted by Gasteiger charge is 2.29. The Morgan fingerprint density at radius 2 is 1.65 bits per heavy atom. The largest absolute Gasteiger partial charge is 0.508 e. The third kappa shape index (κ3) is 4.22. The van der Waals surface area contributed by atoms with Crippen molar-refractivity contribution in [2.45, 2.75) is 6.04 Å². The van der Waals surface area contributed by atoms with Crippen molar-refractivity contribution in [1.29, 1.82) is 0 Å². The molecule has 0 spiro atoms. The summed E-state index contributed by atoms with van der Waals surface area (Å²) in [6.07, 6.45) is 0. The van der Waals surface area contributed by atoms with Gasteiger partial charge in [-0.2, -0.15) is 0 Å². The number of benzene rings is 1. The van der Waals surface area contributed by atoms with Crippen LogP contribution in [-0.2, 0) is 0 Å². The van der Waals surface area contributed by atoms with Crippen molar-refractivity contribution in [2.24, 2.45) is 0 Å². The van der Waals surface area contributed by atoms with Gasteiger partial charge in [0, 0.05) is 43.2 Å². The fourth-order valence-corrected chi connectivity index (χ4v) is 3.65. The number of aromatic hydroxyl groups is 3. The van der Waals surface area contributed by atoms with Crippen LogP contribution in [0, 0.1) is 0 Å². The average molecular weight is 379 g/mol. The molecular weight excluding hydrogens is 359 g/mol. The third-order valence-electron chi connectivity index (χ3n) is 3.72. The predicted octanol–water partition coefficient (Wildman–Crippen LogP) is 2.70. The topological polar surface area (TPSA) is 76.0 Å². The molecule has 1 aromatic carbocycles. The zero-order valence-corrected chi connectivity index (χ0v) is 14.8. The Labute approximate surface area is 151 Å². The lowest BCUT2D eigenvalue weighted by molar-refractivity contribution is 0.195. The van der Waals surface area contributed by atoms with Crippen LogP contribution in [0.1, 0.15) is 16.5 Å². The summed E-state index contributed by atoms with van der Waals surface area (Å²) in [6.45, 7) is 3.42. The van der Waals surface area contributed by atoms with E-state index in [0.29, 0.717) is 5.56 Å². The molecule has 1 saturated heterocycles. The summed E-state index contributed by atoms with van der Waals surface area (Å²) >= 11 is 1.59. The average Bonchev–Trinajstić information content (AvgIpc) is 2.97. The minimum Gasteiger partial charge on any atom is -0.508 e. The molecule has 0 amide bonds. The molecule has 23 heavy (non-hydrogen) atoms. The van der Waals surface area contributed by atoms with Crippen molar-refractivity contribution >= 4 is 36.2 Å². The lowest BCUT2D eigenvalue weighted by atomic mass is 10.00. The number of hydrogen-bond donors (Lipinski definition) is 4. The molecule has 1 atom stereocenters. The third-order valence-corrected chi connectivity index (χ3v) is 4.65. The number of thiophene rings is 1. The standard InChI is InChI=1S/C15H18N2O3S.2ClH/c18-10-8-11(19)14(12(20)9-10)15(13-2-1-7-21-13)17-5-3-16-4-6-17;;/h1-2,7-9,15-16,18-20H,3-6H2;2*1H/t15-;;/m1../s1. The van der Waals surface area contributed by atoms with Crippen LogP contribution in [0.3, 0.4) is 0 Å². The van der Waals surface area contributed by atoms with Crippen molar-refractivity contribution in [3.05, 3.63) is 40.1 Å². The van der Waals surface area contributed by atoms with Crippen molar-refractivity contribution in [1.82, 2.24) is 10.2 Å². The summed E-state index contributed by atoms with van der Waals surface area (Å²) in [5.74, 6) is -0.298. The lowest BCUT2D eigenvalue weighted by Gasteiger charge is -2.35. The van der Waals surface area contributed by atoms with Crippen LogP contribution in [0.5, 0.6) is 17.2 Å². The van der Waals surface area contributed by atoms with Gasteiger partial charge in [0.15, 0.2) is 0 Å². The molecule has 0 radical (unpaired) electrons. The van der Waals surface area contributed by atoms with Gasteiger partial charge in [0.25, 0.3) is 0 Å². The maximum Gasteiger partial charge on any atom is 0.128 e. The monoisotopic (exact) mass is 378 g/mol. The van der Waals surface area contributed by atoms with Gasteiger partial charge in [0.2, 0.25) is 0 Å². The maximum atomic E-state index is 10.2. The Balaban J connectivity index is 0.00000132. The lowest BCUT2D eigenvalue weighted by Crippen LogP contribution is -2.45. The first kappa shape index (κ1) is 19.9. The summed E-state index contributed by atoms with van der Waals surface area (Å²) in [7, 11) is 0. The van der Waals surface area contributed by atoms with Crippen LogP contribution < -0.4 is 5.32 Å². The van der Waals surface area contributed by atoms with Crippen LogP contribution in [0.25, 0.3) is 0 Å². The molecule has 1 aliphatic rings. The van der Waals surface area contributed by atoms with Crippen LogP contribution in [0.2, 0.25) is 0 Å². The molecule has 4 N–H and O–H groups in total. The van der Waals surface area contributed by atoms with E-state index in [1.54, 1.807) is 11.3 Å². The van der Waals surface area contributed by atoms with Gasteiger partial charge >= 0.3 is 0 Å². The van der Waals surface area contributed by atoms with E-state index in [4.69, 9.17) is 0 Å². The quantitative estimate of drug-likeness (QED) is 0.660. The first-order valence-corrected chi connectivity index (χ1v) is 7.78. The van der Waals surface area contributed by atoms with Gasteiger partial charge in [-0.25, -0.2) is 0 Å². The Bertz CT molecular complexity index is 596. The number of phenols is 3. The Hall–Kier alpha value is -1.18. The van der Waals surface area contributed by atoms with Crippen LogP contribution in [0.4, 0.5) is 0 Å². The summed E-state index contributed by atoms with van der Waals surface area (Å²) < 4.78 is 0. The Morgan fingerprint density at radius 3 is 2.17 bits per heavy atom. The number of hydrogen-bond acceptors (Lipinski definition) is 6. The molecule has 0 bridgehead atoms. The summed E-state index contributed by atoms with van der Waals surface area (Å²) in [5, 5.41) is 35.2. The van der Waals surface area contributed by atoms with Crippen molar-refractivity contribution in [2.75, 3.05) is 26.2 Å². The predicted molar refractivity (Wildman–Crippen MR) is 96.5 cm³/mol. The number of phenolic OH excluding ortho intramolecular Hbond substituents is 3. The van der Waals surface area contributed by atoms with Gasteiger partial charge in [0.05, 0.1) is 11.6 Å². The summed E-state index contributed by atoms with van der Waals surface area (Å²) in [6, 6.07) is 6.32. The second kappa shape index (κ2) is 8.61. The number of rotatable bonds is 3. The minimum absolute atomic E-state index is 0. The van der Waals surface area contributed by atoms with Crippen LogP contribution in [-0.4, -0.2) is 46.4 Å². The molecule has 3 rings (SSSR count). The molecule has 1 aliphatic heterocycles. The van der Waals surface area contributed by atoms with Gasteiger partial charge < -0.3 is 20.6 Å². The van der Waals surface area contributed by atoms with Gasteiger partial charge in [0.1, 0.15) is 17.2 Å². The number of halogens is 2. The van der Waals surface area contributed by atoms with Crippen molar-refractivity contribution in [3.8, 4) is 17.2 Å². The molecule has 1 aromatic heterocycles. The second-order valence-corrected chi connectivity index (χ2v) is 6.08. The fraction of sp³-hybridized carbons (Fsp3) is 0.333. The number of nitrogens with zero attached hydrogens (tertiary/aromatic N) is 1. The van der Waals surface area contributed by atoms with E-state index in [2.05, 4.69) is 10.2 Å². The van der Waals surface area contributed by atoms with Crippen molar-refractivity contribution in [3.63, 3.8) is 0 Å². The van der Waals surface area contributed by atoms with E-state index >= 15 is 0 Å². The number of piperazine rings is 1. The normalized spacial score (nSPS) is 16.2. The van der Waals surface area contributed by atoms with E-state index < -0.39 is 0 Å². The highest BCUT2D eigenvalue weighted by Crippen LogP contribution is 2.43. The summed E-state index contributed by atoms with van der Waals surface area (Å²) in [4.78, 5) is 3.29. The zero-order valence-electron chi connectivity index (χ0n) is 12.3. The second-order valence-electron chi connectivity index (χ2n) is 5.10. The van der Waals surface area contributed by atoms with Crippen molar-refractivity contribution < 1.29 is 15.3 Å². The highest BCUT2D eigenvalue weighted by atomic mass is 35.5. The van der Waals surface area contributed by atoms with Gasteiger partial charge in [-0.05, 0) is 11.4 Å². The van der Waals surface area contributed by atoms with Gasteiger partial charge in [-0.15, -0.1) is 36.2 Å². The molecule has 5 nitrogen and oxygen atoms in total. The highest BCUT2D eigenvalue weighted by molar-refractivity contribution is 7.10. The van der Waals surface area contributed by atoms with E-state index in [-0.39, 0.29) is 48.1 Å². The zero-order chi connectivity index (χ0) is 14.8. The Kier molecular flexibility index (Phi) is 7.44. The maximum absolute atomic E-state index is 10.2. The molecule has 0 aliphatic carbocycles. The summed E-state index contributed by atoms with van der Waals surface area (Å²) in [5.41, 5.74) is 0.456. The van der Waals surface area contributed by atoms with Crippen LogP contribution in [0.15, 0.2) is 29.6 Å². The first-order valence-electron chi connectivity index (χ1n) is 6.90. The SMILES string of the molecule is Cl.Cl.Oc1cc(O)c([C@@H](c2cccs2)N2CCNCC2)c(O)c1. The van der Waals surface area contributed by atoms with Crippen LogP contribution >= 0.6 is 36.2 Å². The molecule has 2 aromatic rings. The van der Waals surface area contributed by atoms with E-state index in [1.165, 1.54) is 12.1 Å². The molecule has 8 heteroatoms. The molecule has 1 fully saturated rings. The Morgan fingerprint density at radius 1 is 1.04 bits per heavy atom. The van der Waals surface area contributed by atoms with E-state index in [0.717, 1.165) is 31.1 Å². The molecule has 0 unspecified atom stereocenters. The molecule has 128 valence electrons. The van der Waals surface area contributed by atoms with Gasteiger partial charge in [-0.3, -0.25) is 4.90 Å². The molecule has 0 saturated carbocycles. The van der Waals surface area contributed by atoms with E-state index in [9.17, 15) is 15.3 Å². The first-order chi connectivity index (χ1) is 10.2. The molecule has 2 heterocycles. The smallest absolute Gasteiger partial charge is 0.128 e. The minimum atomic E-state index is -0.201. The fourth-order valence-electron chi connectivity index (χ4n) is 2.78. The van der Waals surface area contributed by atoms with Gasteiger partial charge in [-0.1, -0.05) is 6.07 Å². The molecular formula is C15H20Cl2N2O3S. The number of nitrogens with one attached hydrogen (secondary N) is 1. The van der Waals surface area contributed by atoms with E-state index in [1.807, 2.05) is 17.5 Å².